The summed E-state index contributed by atoms with van der Waals surface area (Å²) in [6.45, 7) is 1.85. The summed E-state index contributed by atoms with van der Waals surface area (Å²) in [5.74, 6) is 0. The summed E-state index contributed by atoms with van der Waals surface area (Å²) in [4.78, 5) is 11.8. The van der Waals surface area contributed by atoms with E-state index in [1.54, 1.807) is 12.3 Å². The van der Waals surface area contributed by atoms with Gasteiger partial charge in [-0.2, -0.15) is 9.78 Å². The van der Waals surface area contributed by atoms with E-state index in [1.165, 1.54) is 15.6 Å². The molecule has 0 saturated carbocycles. The molecule has 0 fully saturated rings. The monoisotopic (exact) mass is 201 g/mol. The average Bonchev–Trinajstić information content (AvgIpc) is 2.63. The summed E-state index contributed by atoms with van der Waals surface area (Å²) in [6.07, 6.45) is 4.96. The number of hydrogen-bond donors (Lipinski definition) is 0. The van der Waals surface area contributed by atoms with Gasteiger partial charge in [-0.15, -0.1) is 0 Å². The van der Waals surface area contributed by atoms with Crippen LogP contribution in [0.2, 0.25) is 0 Å². The predicted molar refractivity (Wildman–Crippen MR) is 58.8 cm³/mol. The van der Waals surface area contributed by atoms with E-state index in [4.69, 9.17) is 0 Å². The van der Waals surface area contributed by atoms with E-state index in [2.05, 4.69) is 5.10 Å². The number of nitrogens with zero attached hydrogens (tertiary/aromatic N) is 3. The number of rotatable bonds is 2. The van der Waals surface area contributed by atoms with Crippen molar-refractivity contribution in [1.82, 2.24) is 14.3 Å². The Morgan fingerprint density at radius 3 is 2.67 bits per heavy atom. The van der Waals surface area contributed by atoms with Crippen LogP contribution in [0.3, 0.4) is 0 Å². The molecule has 0 unspecified atom stereocenters. The summed E-state index contributed by atoms with van der Waals surface area (Å²) in [6, 6.07) is 9.33. The lowest BCUT2D eigenvalue weighted by Gasteiger charge is -1.96. The highest BCUT2D eigenvalue weighted by molar-refractivity contribution is 5.30. The van der Waals surface area contributed by atoms with Gasteiger partial charge in [0.25, 0.3) is 0 Å². The summed E-state index contributed by atoms with van der Waals surface area (Å²) >= 11 is 0. The molecule has 0 aliphatic heterocycles. The maximum absolute atomic E-state index is 11.8. The molecule has 0 radical (unpaired) electrons. The molecule has 2 aromatic rings. The van der Waals surface area contributed by atoms with Crippen LogP contribution in [0.5, 0.6) is 0 Å². The lowest BCUT2D eigenvalue weighted by molar-refractivity contribution is 0.835. The highest BCUT2D eigenvalue weighted by Gasteiger charge is 2.03. The van der Waals surface area contributed by atoms with Crippen molar-refractivity contribution in [2.45, 2.75) is 6.92 Å². The van der Waals surface area contributed by atoms with E-state index in [-0.39, 0.29) is 5.69 Å². The molecule has 0 N–H and O–H groups in total. The number of aromatic nitrogens is 3. The van der Waals surface area contributed by atoms with E-state index < -0.39 is 0 Å². The third-order valence-corrected chi connectivity index (χ3v) is 2.00. The van der Waals surface area contributed by atoms with Crippen molar-refractivity contribution in [3.63, 3.8) is 0 Å². The van der Waals surface area contributed by atoms with Crippen molar-refractivity contribution in [2.75, 3.05) is 0 Å². The van der Waals surface area contributed by atoms with Gasteiger partial charge >= 0.3 is 5.69 Å². The Balaban J connectivity index is 2.52. The molecule has 0 saturated heterocycles. The Bertz CT molecular complexity index is 522. The second-order valence-electron chi connectivity index (χ2n) is 3.05. The molecule has 76 valence electrons. The Kier molecular flexibility index (Phi) is 2.49. The quantitative estimate of drug-likeness (QED) is 0.739. The van der Waals surface area contributed by atoms with Crippen LogP contribution in [0.25, 0.3) is 11.9 Å². The Morgan fingerprint density at radius 2 is 2.00 bits per heavy atom. The van der Waals surface area contributed by atoms with Crippen molar-refractivity contribution in [3.8, 4) is 5.69 Å². The molecule has 0 aliphatic carbocycles. The SMILES string of the molecule is C/C=C\n1cnn(-c2ccccc2)c1=O. The minimum atomic E-state index is -0.167. The van der Waals surface area contributed by atoms with E-state index in [1.807, 2.05) is 37.3 Å². The molecule has 4 nitrogen and oxygen atoms in total. The van der Waals surface area contributed by atoms with Crippen LogP contribution in [-0.4, -0.2) is 14.3 Å². The minimum absolute atomic E-state index is 0.167. The maximum atomic E-state index is 11.8. The van der Waals surface area contributed by atoms with Gasteiger partial charge in [0.1, 0.15) is 6.33 Å². The molecule has 0 atom stereocenters. The molecule has 0 bridgehead atoms. The van der Waals surface area contributed by atoms with Crippen molar-refractivity contribution in [2.24, 2.45) is 0 Å². The van der Waals surface area contributed by atoms with E-state index >= 15 is 0 Å². The average molecular weight is 201 g/mol. The van der Waals surface area contributed by atoms with E-state index in [9.17, 15) is 4.79 Å². The van der Waals surface area contributed by atoms with Crippen LogP contribution in [0.1, 0.15) is 6.92 Å². The smallest absolute Gasteiger partial charge is 0.256 e. The van der Waals surface area contributed by atoms with E-state index in [0.717, 1.165) is 5.69 Å². The molecule has 1 aromatic carbocycles. The van der Waals surface area contributed by atoms with E-state index in [0.29, 0.717) is 0 Å². The molecule has 1 aromatic heterocycles. The molecule has 0 spiro atoms. The predicted octanol–water partition coefficient (Wildman–Crippen LogP) is 1.52. The molecule has 15 heavy (non-hydrogen) atoms. The fraction of sp³-hybridized carbons (Fsp3) is 0.0909. The fourth-order valence-electron chi connectivity index (χ4n) is 1.32. The van der Waals surface area contributed by atoms with Gasteiger partial charge in [0.2, 0.25) is 0 Å². The molecule has 2 rings (SSSR count). The lowest BCUT2D eigenvalue weighted by Crippen LogP contribution is -2.20. The Morgan fingerprint density at radius 1 is 1.27 bits per heavy atom. The van der Waals surface area contributed by atoms with Crippen LogP contribution in [0.4, 0.5) is 0 Å². The lowest BCUT2D eigenvalue weighted by atomic mass is 10.3. The van der Waals surface area contributed by atoms with Crippen molar-refractivity contribution in [1.29, 1.82) is 0 Å². The minimum Gasteiger partial charge on any atom is -0.256 e. The first-order valence-electron chi connectivity index (χ1n) is 4.67. The standard InChI is InChI=1S/C11H11N3O/c1-2-8-13-9-12-14(11(13)15)10-6-4-3-5-7-10/h2-9H,1H3/b8-2-. The first kappa shape index (κ1) is 9.45. The molecule has 4 heteroatoms. The van der Waals surface area contributed by atoms with Crippen LogP contribution in [0.15, 0.2) is 47.5 Å². The maximum Gasteiger partial charge on any atom is 0.354 e. The molecule has 0 amide bonds. The zero-order valence-electron chi connectivity index (χ0n) is 8.37. The normalized spacial score (nSPS) is 11.0. The van der Waals surface area contributed by atoms with Crippen LogP contribution >= 0.6 is 0 Å². The molecule has 0 aliphatic rings. The van der Waals surface area contributed by atoms with Gasteiger partial charge in [-0.25, -0.2) is 4.79 Å². The molecular formula is C11H11N3O. The summed E-state index contributed by atoms with van der Waals surface area (Å²) in [5.41, 5.74) is 0.602. The van der Waals surface area contributed by atoms with Gasteiger partial charge in [-0.05, 0) is 19.1 Å². The highest BCUT2D eigenvalue weighted by atomic mass is 16.2. The second-order valence-corrected chi connectivity index (χ2v) is 3.05. The number of allylic oxidation sites excluding steroid dienone is 1. The third kappa shape index (κ3) is 1.74. The third-order valence-electron chi connectivity index (χ3n) is 2.00. The Labute approximate surface area is 87.1 Å². The van der Waals surface area contributed by atoms with Gasteiger partial charge in [0.15, 0.2) is 0 Å². The van der Waals surface area contributed by atoms with Gasteiger partial charge in [-0.3, -0.25) is 4.57 Å². The van der Waals surface area contributed by atoms with Crippen molar-refractivity contribution >= 4 is 6.20 Å². The fourth-order valence-corrected chi connectivity index (χ4v) is 1.32. The number of benzene rings is 1. The number of para-hydroxylation sites is 1. The van der Waals surface area contributed by atoms with Gasteiger partial charge in [0.05, 0.1) is 5.69 Å². The Hall–Kier alpha value is -2.10. The van der Waals surface area contributed by atoms with Gasteiger partial charge in [0, 0.05) is 6.20 Å². The van der Waals surface area contributed by atoms with Crippen molar-refractivity contribution < 1.29 is 0 Å². The van der Waals surface area contributed by atoms with Crippen LogP contribution < -0.4 is 5.69 Å². The van der Waals surface area contributed by atoms with Gasteiger partial charge < -0.3 is 0 Å². The highest BCUT2D eigenvalue weighted by Crippen LogP contribution is 2.01. The van der Waals surface area contributed by atoms with Gasteiger partial charge in [-0.1, -0.05) is 24.3 Å². The molecular weight excluding hydrogens is 190 g/mol. The number of hydrogen-bond acceptors (Lipinski definition) is 2. The first-order valence-corrected chi connectivity index (χ1v) is 4.67. The van der Waals surface area contributed by atoms with Crippen LogP contribution in [-0.2, 0) is 0 Å². The zero-order chi connectivity index (χ0) is 10.7. The second kappa shape index (κ2) is 3.96. The molecule has 1 heterocycles. The summed E-state index contributed by atoms with van der Waals surface area (Å²) in [7, 11) is 0. The topological polar surface area (TPSA) is 39.8 Å². The largest absolute Gasteiger partial charge is 0.354 e. The van der Waals surface area contributed by atoms with Crippen molar-refractivity contribution in [3.05, 3.63) is 53.2 Å². The first-order chi connectivity index (χ1) is 7.33. The van der Waals surface area contributed by atoms with Crippen LogP contribution in [0, 0.1) is 0 Å². The summed E-state index contributed by atoms with van der Waals surface area (Å²) < 4.78 is 2.80. The zero-order valence-corrected chi connectivity index (χ0v) is 8.37. The summed E-state index contributed by atoms with van der Waals surface area (Å²) in [5, 5.41) is 4.02.